The Balaban J connectivity index is 0.00000200. The second-order valence-corrected chi connectivity index (χ2v) is 4.45. The largest absolute Gasteiger partial charge is 0.349 e. The van der Waals surface area contributed by atoms with Crippen molar-refractivity contribution >= 4 is 30.7 Å². The van der Waals surface area contributed by atoms with Crippen LogP contribution in [0.15, 0.2) is 42.7 Å². The maximum atomic E-state index is 11.8. The topological polar surface area (TPSA) is 72.9 Å². The number of hydrogen-bond donors (Lipinski definition) is 2. The molecule has 7 heteroatoms. The Kier molecular flexibility index (Phi) is 8.69. The Morgan fingerprint density at radius 3 is 2.57 bits per heavy atom. The van der Waals surface area contributed by atoms with E-state index in [9.17, 15) is 4.79 Å². The van der Waals surface area contributed by atoms with Gasteiger partial charge >= 0.3 is 0 Å². The SMILES string of the molecule is Cl.Cl.Cn1ccnc1CNC(=O)CC(N)c1ccccc1. The predicted molar refractivity (Wildman–Crippen MR) is 87.5 cm³/mol. The molecule has 1 aromatic heterocycles. The summed E-state index contributed by atoms with van der Waals surface area (Å²) >= 11 is 0. The highest BCUT2D eigenvalue weighted by Gasteiger charge is 2.11. The number of benzene rings is 1. The minimum absolute atomic E-state index is 0. The zero-order valence-electron chi connectivity index (χ0n) is 11.7. The van der Waals surface area contributed by atoms with Gasteiger partial charge in [0.25, 0.3) is 0 Å². The fourth-order valence-corrected chi connectivity index (χ4v) is 1.83. The predicted octanol–water partition coefficient (Wildman–Crippen LogP) is 1.97. The molecule has 0 fully saturated rings. The van der Waals surface area contributed by atoms with E-state index in [1.54, 1.807) is 6.20 Å². The molecule has 0 saturated carbocycles. The summed E-state index contributed by atoms with van der Waals surface area (Å²) in [5.74, 6) is 0.751. The van der Waals surface area contributed by atoms with Crippen molar-refractivity contribution in [3.8, 4) is 0 Å². The molecule has 1 atom stereocenters. The number of carbonyl (C=O) groups excluding carboxylic acids is 1. The number of nitrogens with zero attached hydrogens (tertiary/aromatic N) is 2. The quantitative estimate of drug-likeness (QED) is 0.880. The zero-order chi connectivity index (χ0) is 13.7. The number of imidazole rings is 1. The normalized spacial score (nSPS) is 11.0. The molecule has 1 unspecified atom stereocenters. The van der Waals surface area contributed by atoms with Gasteiger partial charge in [-0.3, -0.25) is 4.79 Å². The highest BCUT2D eigenvalue weighted by atomic mass is 35.5. The van der Waals surface area contributed by atoms with E-state index in [0.29, 0.717) is 6.54 Å². The van der Waals surface area contributed by atoms with Gasteiger partial charge in [0.05, 0.1) is 6.54 Å². The van der Waals surface area contributed by atoms with E-state index >= 15 is 0 Å². The van der Waals surface area contributed by atoms with Crippen LogP contribution in [0.1, 0.15) is 23.9 Å². The van der Waals surface area contributed by atoms with E-state index in [0.717, 1.165) is 11.4 Å². The number of nitrogens with one attached hydrogen (secondary N) is 1. The first-order valence-electron chi connectivity index (χ1n) is 6.20. The Morgan fingerprint density at radius 1 is 1.33 bits per heavy atom. The van der Waals surface area contributed by atoms with E-state index in [1.807, 2.05) is 48.1 Å². The standard InChI is InChI=1S/C14H18N4O.2ClH/c1-18-8-7-16-13(18)10-17-14(19)9-12(15)11-5-3-2-4-6-11;;/h2-8,12H,9-10,15H2,1H3,(H,17,19);2*1H. The molecule has 0 radical (unpaired) electrons. The maximum absolute atomic E-state index is 11.8. The van der Waals surface area contributed by atoms with Gasteiger partial charge in [-0.1, -0.05) is 30.3 Å². The first-order chi connectivity index (χ1) is 9.16. The van der Waals surface area contributed by atoms with Crippen molar-refractivity contribution in [1.82, 2.24) is 14.9 Å². The molecule has 0 saturated heterocycles. The van der Waals surface area contributed by atoms with Gasteiger partial charge in [0.15, 0.2) is 0 Å². The molecule has 0 aliphatic carbocycles. The van der Waals surface area contributed by atoms with Crippen molar-refractivity contribution in [2.75, 3.05) is 0 Å². The third-order valence-corrected chi connectivity index (χ3v) is 3.00. The lowest BCUT2D eigenvalue weighted by Crippen LogP contribution is -2.28. The van der Waals surface area contributed by atoms with Gasteiger partial charge in [0.1, 0.15) is 5.82 Å². The summed E-state index contributed by atoms with van der Waals surface area (Å²) in [6.45, 7) is 0.420. The van der Waals surface area contributed by atoms with Crippen molar-refractivity contribution in [3.63, 3.8) is 0 Å². The van der Waals surface area contributed by atoms with Crippen LogP contribution in [-0.4, -0.2) is 15.5 Å². The lowest BCUT2D eigenvalue weighted by molar-refractivity contribution is -0.121. The van der Waals surface area contributed by atoms with Gasteiger partial charge in [0, 0.05) is 31.9 Å². The van der Waals surface area contributed by atoms with Gasteiger partial charge in [-0.25, -0.2) is 4.98 Å². The van der Waals surface area contributed by atoms with Crippen molar-refractivity contribution in [3.05, 3.63) is 54.1 Å². The first-order valence-corrected chi connectivity index (χ1v) is 6.20. The molecule has 5 nitrogen and oxygen atoms in total. The first kappa shape index (κ1) is 19.4. The van der Waals surface area contributed by atoms with Gasteiger partial charge in [-0.15, -0.1) is 24.8 Å². The lowest BCUT2D eigenvalue weighted by Gasteiger charge is -2.12. The van der Waals surface area contributed by atoms with Crippen LogP contribution in [0, 0.1) is 0 Å². The van der Waals surface area contributed by atoms with Crippen LogP contribution in [0.5, 0.6) is 0 Å². The number of aryl methyl sites for hydroxylation is 1. The molecule has 0 bridgehead atoms. The van der Waals surface area contributed by atoms with Crippen LogP contribution >= 0.6 is 24.8 Å². The molecule has 0 spiro atoms. The molecule has 2 aromatic rings. The molecule has 0 aliphatic heterocycles. The van der Waals surface area contributed by atoms with E-state index in [2.05, 4.69) is 10.3 Å². The van der Waals surface area contributed by atoms with Crippen LogP contribution in [0.25, 0.3) is 0 Å². The summed E-state index contributed by atoms with van der Waals surface area (Å²) in [6, 6.07) is 9.34. The van der Waals surface area contributed by atoms with Crippen LogP contribution in [0.3, 0.4) is 0 Å². The summed E-state index contributed by atoms with van der Waals surface area (Å²) < 4.78 is 1.87. The van der Waals surface area contributed by atoms with Crippen LogP contribution in [-0.2, 0) is 18.4 Å². The number of nitrogens with two attached hydrogens (primary N) is 1. The van der Waals surface area contributed by atoms with Crippen LogP contribution in [0.4, 0.5) is 0 Å². The molecule has 3 N–H and O–H groups in total. The Hall–Kier alpha value is -1.56. The van der Waals surface area contributed by atoms with Crippen molar-refractivity contribution < 1.29 is 4.79 Å². The molecule has 21 heavy (non-hydrogen) atoms. The molecule has 1 aromatic carbocycles. The van der Waals surface area contributed by atoms with Gasteiger partial charge < -0.3 is 15.6 Å². The van der Waals surface area contributed by atoms with Crippen molar-refractivity contribution in [2.24, 2.45) is 12.8 Å². The lowest BCUT2D eigenvalue weighted by atomic mass is 10.0. The summed E-state index contributed by atoms with van der Waals surface area (Å²) in [5, 5.41) is 2.82. The number of rotatable bonds is 5. The number of amides is 1. The average molecular weight is 331 g/mol. The Bertz CT molecular complexity index is 545. The van der Waals surface area contributed by atoms with E-state index in [1.165, 1.54) is 0 Å². The number of aromatic nitrogens is 2. The highest BCUT2D eigenvalue weighted by Crippen LogP contribution is 2.12. The summed E-state index contributed by atoms with van der Waals surface area (Å²) in [4.78, 5) is 15.9. The molecular formula is C14H20Cl2N4O. The molecule has 1 amide bonds. The van der Waals surface area contributed by atoms with E-state index < -0.39 is 0 Å². The summed E-state index contributed by atoms with van der Waals surface area (Å²) in [5.41, 5.74) is 6.96. The number of hydrogen-bond acceptors (Lipinski definition) is 3. The number of carbonyl (C=O) groups is 1. The minimum Gasteiger partial charge on any atom is -0.349 e. The average Bonchev–Trinajstić information content (AvgIpc) is 2.83. The van der Waals surface area contributed by atoms with Gasteiger partial charge in [0.2, 0.25) is 5.91 Å². The van der Waals surface area contributed by atoms with Crippen LogP contribution in [0.2, 0.25) is 0 Å². The zero-order valence-corrected chi connectivity index (χ0v) is 13.4. The third kappa shape index (κ3) is 5.75. The molecule has 2 rings (SSSR count). The summed E-state index contributed by atoms with van der Waals surface area (Å²) in [7, 11) is 1.89. The summed E-state index contributed by atoms with van der Waals surface area (Å²) in [6.07, 6.45) is 3.82. The second kappa shape index (κ2) is 9.39. The third-order valence-electron chi connectivity index (χ3n) is 3.00. The monoisotopic (exact) mass is 330 g/mol. The number of halogens is 2. The highest BCUT2D eigenvalue weighted by molar-refractivity contribution is 5.85. The smallest absolute Gasteiger partial charge is 0.222 e. The molecule has 0 aliphatic rings. The fraction of sp³-hybridized carbons (Fsp3) is 0.286. The molecule has 116 valence electrons. The van der Waals surface area contributed by atoms with Gasteiger partial charge in [-0.2, -0.15) is 0 Å². The second-order valence-electron chi connectivity index (χ2n) is 4.45. The minimum atomic E-state index is -0.275. The molecule has 1 heterocycles. The van der Waals surface area contributed by atoms with E-state index in [-0.39, 0.29) is 43.2 Å². The van der Waals surface area contributed by atoms with Crippen molar-refractivity contribution in [2.45, 2.75) is 19.0 Å². The van der Waals surface area contributed by atoms with Gasteiger partial charge in [-0.05, 0) is 5.56 Å². The Labute approximate surface area is 136 Å². The van der Waals surface area contributed by atoms with Crippen LogP contribution < -0.4 is 11.1 Å². The Morgan fingerprint density at radius 2 is 2.00 bits per heavy atom. The maximum Gasteiger partial charge on any atom is 0.222 e. The van der Waals surface area contributed by atoms with Crippen molar-refractivity contribution in [1.29, 1.82) is 0 Å². The molecular weight excluding hydrogens is 311 g/mol. The fourth-order valence-electron chi connectivity index (χ4n) is 1.83. The van der Waals surface area contributed by atoms with E-state index in [4.69, 9.17) is 5.73 Å².